The Kier molecular flexibility index (Phi) is 5.91. The molecule has 0 bridgehead atoms. The second kappa shape index (κ2) is 8.65. The van der Waals surface area contributed by atoms with E-state index in [1.807, 2.05) is 25.1 Å². The minimum Gasteiger partial charge on any atom is -0.465 e. The van der Waals surface area contributed by atoms with Crippen LogP contribution in [-0.4, -0.2) is 36.6 Å². The number of hydrazine groups is 1. The van der Waals surface area contributed by atoms with E-state index in [0.717, 1.165) is 16.8 Å². The quantitative estimate of drug-likeness (QED) is 0.347. The smallest absolute Gasteiger partial charge is 0.407 e. The van der Waals surface area contributed by atoms with Gasteiger partial charge >= 0.3 is 17.7 Å². The maximum Gasteiger partial charge on any atom is 0.407 e. The molecule has 0 amide bonds. The number of carbonyl (C=O) groups is 2. The van der Waals surface area contributed by atoms with Crippen molar-refractivity contribution in [2.24, 2.45) is 0 Å². The second-order valence-corrected chi connectivity index (χ2v) is 8.01. The van der Waals surface area contributed by atoms with E-state index in [1.54, 1.807) is 36.5 Å². The number of ether oxygens (including phenoxy) is 2. The molecule has 4 rings (SSSR count). The normalized spacial score (nSPS) is 15.3. The van der Waals surface area contributed by atoms with Crippen molar-refractivity contribution >= 4 is 46.4 Å². The number of fused-ring (bicyclic) bond motifs is 3. The zero-order valence-corrected chi connectivity index (χ0v) is 19.0. The van der Waals surface area contributed by atoms with Crippen LogP contribution in [-0.2, 0) is 19.1 Å². The second-order valence-electron chi connectivity index (χ2n) is 7.13. The summed E-state index contributed by atoms with van der Waals surface area (Å²) in [5, 5.41) is 0.970. The number of carbonyl (C=O) groups excluding carboxylic acids is 2. The first-order valence-electron chi connectivity index (χ1n) is 9.65. The molecule has 1 N–H and O–H groups in total. The molecule has 162 valence electrons. The molecule has 0 fully saturated rings. The number of methoxy groups -OCH3 is 2. The van der Waals surface area contributed by atoms with Gasteiger partial charge in [0, 0.05) is 21.7 Å². The molecule has 0 radical (unpaired) electrons. The number of halogens is 2. The molecule has 2 aromatic rings. The minimum atomic E-state index is -0.719. The fourth-order valence-corrected chi connectivity index (χ4v) is 4.18. The van der Waals surface area contributed by atoms with Crippen LogP contribution in [0.5, 0.6) is 0 Å². The van der Waals surface area contributed by atoms with Gasteiger partial charge in [-0.3, -0.25) is 0 Å². The van der Waals surface area contributed by atoms with Gasteiger partial charge in [0.1, 0.15) is 0 Å². The zero-order chi connectivity index (χ0) is 23.0. The molecule has 0 atom stereocenters. The van der Waals surface area contributed by atoms with Crippen molar-refractivity contribution in [1.29, 1.82) is 0 Å². The van der Waals surface area contributed by atoms with Gasteiger partial charge in [0.05, 0.1) is 19.9 Å². The van der Waals surface area contributed by atoms with Crippen molar-refractivity contribution in [2.75, 3.05) is 14.2 Å². The van der Waals surface area contributed by atoms with Crippen molar-refractivity contribution in [1.82, 2.24) is 5.43 Å². The third-order valence-corrected chi connectivity index (χ3v) is 5.64. The van der Waals surface area contributed by atoms with E-state index < -0.39 is 11.9 Å². The van der Waals surface area contributed by atoms with E-state index in [0.29, 0.717) is 26.7 Å². The number of nitrogens with zero attached hydrogens (tertiary/aromatic N) is 1. The van der Waals surface area contributed by atoms with Gasteiger partial charge in [-0.1, -0.05) is 40.0 Å². The van der Waals surface area contributed by atoms with Crippen LogP contribution in [0.4, 0.5) is 0 Å². The van der Waals surface area contributed by atoms with Crippen molar-refractivity contribution in [3.63, 3.8) is 0 Å². The maximum atomic E-state index is 13.2. The Balaban J connectivity index is 2.16. The molecule has 8 heteroatoms. The summed E-state index contributed by atoms with van der Waals surface area (Å²) in [6.07, 6.45) is 5.20. The van der Waals surface area contributed by atoms with E-state index in [4.69, 9.17) is 32.7 Å². The lowest BCUT2D eigenvalue weighted by Crippen LogP contribution is -2.39. The Morgan fingerprint density at radius 3 is 1.94 bits per heavy atom. The van der Waals surface area contributed by atoms with Crippen molar-refractivity contribution in [2.45, 2.75) is 6.92 Å². The third kappa shape index (κ3) is 3.72. The molecular weight excluding hydrogens is 451 g/mol. The van der Waals surface area contributed by atoms with Gasteiger partial charge in [-0.2, -0.15) is 5.43 Å². The Hall–Kier alpha value is -3.35. The molecular formula is C24H19Cl2N2O4+. The highest BCUT2D eigenvalue weighted by molar-refractivity contribution is 6.50. The lowest BCUT2D eigenvalue weighted by Gasteiger charge is -2.14. The molecule has 32 heavy (non-hydrogen) atoms. The summed E-state index contributed by atoms with van der Waals surface area (Å²) in [6.45, 7) is 1.83. The molecule has 0 unspecified atom stereocenters. The summed E-state index contributed by atoms with van der Waals surface area (Å²) >= 11 is 12.6. The first-order chi connectivity index (χ1) is 15.3. The average Bonchev–Trinajstić information content (AvgIpc) is 3.08. The first-order valence-corrected chi connectivity index (χ1v) is 10.4. The number of hydrazone groups is 1. The standard InChI is InChI=1S/C24H18Cl2N2O4/c1-13-5-4-10-28(27-13)22(24(30)32-3)21(23(29)31-2)20-18-11-14(25)6-8-16(18)17-9-7-15(26)12-19(17)20/h4-12H,1-3H3/p+1. The first kappa shape index (κ1) is 21.9. The highest BCUT2D eigenvalue weighted by Gasteiger charge is 2.41. The zero-order valence-electron chi connectivity index (χ0n) is 17.5. The molecule has 6 nitrogen and oxygen atoms in total. The molecule has 0 saturated heterocycles. The molecule has 1 aliphatic carbocycles. The van der Waals surface area contributed by atoms with Gasteiger partial charge in [0.15, 0.2) is 5.57 Å². The average molecular weight is 470 g/mol. The maximum absolute atomic E-state index is 13.2. The summed E-state index contributed by atoms with van der Waals surface area (Å²) in [5.74, 6) is -1.43. The molecule has 2 aliphatic rings. The van der Waals surface area contributed by atoms with Crippen LogP contribution >= 0.6 is 23.2 Å². The lowest BCUT2D eigenvalue weighted by molar-refractivity contribution is -0.514. The van der Waals surface area contributed by atoms with Crippen LogP contribution < -0.4 is 5.43 Å². The van der Waals surface area contributed by atoms with E-state index >= 15 is 0 Å². The number of allylic oxidation sites excluding steroid dienone is 3. The van der Waals surface area contributed by atoms with Crippen LogP contribution in [0.25, 0.3) is 16.7 Å². The predicted octanol–water partition coefficient (Wildman–Crippen LogP) is 4.51. The Labute approximate surface area is 195 Å². The monoisotopic (exact) mass is 469 g/mol. The lowest BCUT2D eigenvalue weighted by atomic mass is 9.94. The van der Waals surface area contributed by atoms with Crippen LogP contribution in [0, 0.1) is 0 Å². The minimum absolute atomic E-state index is 0.0238. The Morgan fingerprint density at radius 1 is 0.875 bits per heavy atom. The number of rotatable bonds is 3. The summed E-state index contributed by atoms with van der Waals surface area (Å²) in [6, 6.07) is 10.8. The van der Waals surface area contributed by atoms with Crippen LogP contribution in [0.1, 0.15) is 18.1 Å². The predicted molar refractivity (Wildman–Crippen MR) is 123 cm³/mol. The molecule has 2 aromatic carbocycles. The molecule has 0 aromatic heterocycles. The van der Waals surface area contributed by atoms with E-state index in [9.17, 15) is 9.59 Å². The number of hydrogen-bond donors (Lipinski definition) is 1. The summed E-state index contributed by atoms with van der Waals surface area (Å²) in [7, 11) is 2.51. The van der Waals surface area contributed by atoms with Gasteiger partial charge in [-0.05, 0) is 59.5 Å². The highest BCUT2D eigenvalue weighted by Crippen LogP contribution is 2.47. The fourth-order valence-electron chi connectivity index (χ4n) is 3.84. The van der Waals surface area contributed by atoms with Crippen LogP contribution in [0.15, 0.2) is 66.0 Å². The SMILES string of the molecule is COC(=O)C(=C1c2cc(Cl)ccc2-c2ccc(Cl)cc21)C(C(=O)OC)=[N+]1C=CC=C(C)N1. The summed E-state index contributed by atoms with van der Waals surface area (Å²) in [4.78, 5) is 26.2. The van der Waals surface area contributed by atoms with E-state index in [2.05, 4.69) is 5.43 Å². The number of esters is 2. The molecule has 0 saturated carbocycles. The molecule has 1 heterocycles. The highest BCUT2D eigenvalue weighted by atomic mass is 35.5. The molecule has 0 spiro atoms. The summed E-state index contributed by atoms with van der Waals surface area (Å²) < 4.78 is 11.6. The van der Waals surface area contributed by atoms with Gasteiger partial charge in [-0.15, -0.1) is 0 Å². The van der Waals surface area contributed by atoms with Crippen LogP contribution in [0.2, 0.25) is 10.0 Å². The van der Waals surface area contributed by atoms with Gasteiger partial charge < -0.3 is 9.47 Å². The van der Waals surface area contributed by atoms with Crippen LogP contribution in [0.3, 0.4) is 0 Å². The van der Waals surface area contributed by atoms with Gasteiger partial charge in [0.25, 0.3) is 0 Å². The van der Waals surface area contributed by atoms with E-state index in [-0.39, 0.29) is 11.3 Å². The van der Waals surface area contributed by atoms with Crippen molar-refractivity contribution < 1.29 is 23.7 Å². The van der Waals surface area contributed by atoms with Crippen molar-refractivity contribution in [3.05, 3.63) is 87.2 Å². The number of benzene rings is 2. The number of nitrogens with one attached hydrogen (secondary N) is 1. The third-order valence-electron chi connectivity index (χ3n) is 5.17. The summed E-state index contributed by atoms with van der Waals surface area (Å²) in [5.41, 5.74) is 7.39. The van der Waals surface area contributed by atoms with Gasteiger partial charge in [0.2, 0.25) is 6.20 Å². The Morgan fingerprint density at radius 2 is 1.44 bits per heavy atom. The van der Waals surface area contributed by atoms with Gasteiger partial charge in [-0.25, -0.2) is 9.59 Å². The largest absolute Gasteiger partial charge is 0.465 e. The fraction of sp³-hybridized carbons (Fsp3) is 0.125. The topological polar surface area (TPSA) is 67.6 Å². The Bertz CT molecular complexity index is 1240. The van der Waals surface area contributed by atoms with Crippen molar-refractivity contribution in [3.8, 4) is 11.1 Å². The van der Waals surface area contributed by atoms with E-state index in [1.165, 1.54) is 18.9 Å². The molecule has 1 aliphatic heterocycles. The number of hydrogen-bond acceptors (Lipinski definition) is 5.